The summed E-state index contributed by atoms with van der Waals surface area (Å²) in [5.74, 6) is 0.911. The van der Waals surface area contributed by atoms with Crippen molar-refractivity contribution in [3.8, 4) is 5.75 Å². The summed E-state index contributed by atoms with van der Waals surface area (Å²) in [6.07, 6.45) is 1.02. The van der Waals surface area contributed by atoms with Gasteiger partial charge in [-0.1, -0.05) is 31.2 Å². The number of hydrogen-bond acceptors (Lipinski definition) is 2. The number of methoxy groups -OCH3 is 1. The van der Waals surface area contributed by atoms with E-state index in [-0.39, 0.29) is 0 Å². The molecule has 0 amide bonds. The first-order chi connectivity index (χ1) is 8.76. The minimum Gasteiger partial charge on any atom is -0.496 e. The van der Waals surface area contributed by atoms with Gasteiger partial charge in [-0.2, -0.15) is 0 Å². The van der Waals surface area contributed by atoms with Crippen LogP contribution in [-0.4, -0.2) is 7.11 Å². The molecule has 0 aliphatic heterocycles. The molecule has 0 aliphatic rings. The highest BCUT2D eigenvalue weighted by molar-refractivity contribution is 5.68. The van der Waals surface area contributed by atoms with Crippen molar-refractivity contribution in [3.05, 3.63) is 53.6 Å². The van der Waals surface area contributed by atoms with E-state index < -0.39 is 0 Å². The molecule has 2 nitrogen and oxygen atoms in total. The van der Waals surface area contributed by atoms with Crippen molar-refractivity contribution in [2.24, 2.45) is 0 Å². The molecule has 0 bridgehead atoms. The van der Waals surface area contributed by atoms with E-state index in [1.165, 1.54) is 5.56 Å². The molecule has 2 heteroatoms. The van der Waals surface area contributed by atoms with Crippen molar-refractivity contribution in [1.29, 1.82) is 0 Å². The lowest BCUT2D eigenvalue weighted by molar-refractivity contribution is 0.412. The van der Waals surface area contributed by atoms with Gasteiger partial charge >= 0.3 is 0 Å². The van der Waals surface area contributed by atoms with Crippen LogP contribution in [0, 0.1) is 6.92 Å². The highest BCUT2D eigenvalue weighted by Crippen LogP contribution is 2.29. The Hall–Kier alpha value is -1.96. The fraction of sp³-hybridized carbons (Fsp3) is 0.250. The van der Waals surface area contributed by atoms with Crippen LogP contribution in [0.5, 0.6) is 5.75 Å². The van der Waals surface area contributed by atoms with Crippen LogP contribution in [0.15, 0.2) is 42.5 Å². The van der Waals surface area contributed by atoms with E-state index in [1.54, 1.807) is 7.11 Å². The van der Waals surface area contributed by atoms with Gasteiger partial charge < -0.3 is 10.1 Å². The molecule has 0 aliphatic carbocycles. The maximum atomic E-state index is 5.34. The molecule has 0 saturated carbocycles. The van der Waals surface area contributed by atoms with E-state index in [0.717, 1.165) is 29.1 Å². The number of nitrogens with one attached hydrogen (secondary N) is 1. The Balaban J connectivity index is 2.34. The van der Waals surface area contributed by atoms with Crippen LogP contribution < -0.4 is 10.1 Å². The maximum absolute atomic E-state index is 5.34. The summed E-state index contributed by atoms with van der Waals surface area (Å²) in [5, 5.41) is 3.49. The fourth-order valence-corrected chi connectivity index (χ4v) is 2.07. The lowest BCUT2D eigenvalue weighted by Crippen LogP contribution is -1.98. The van der Waals surface area contributed by atoms with Gasteiger partial charge in [-0.25, -0.2) is 0 Å². The Morgan fingerprint density at radius 3 is 2.44 bits per heavy atom. The second-order valence-corrected chi connectivity index (χ2v) is 4.27. The zero-order valence-electron chi connectivity index (χ0n) is 11.2. The number of ether oxygens (including phenoxy) is 1. The lowest BCUT2D eigenvalue weighted by atomic mass is 10.1. The quantitative estimate of drug-likeness (QED) is 0.861. The number of para-hydroxylation sites is 1. The Morgan fingerprint density at radius 2 is 1.72 bits per heavy atom. The van der Waals surface area contributed by atoms with E-state index >= 15 is 0 Å². The molecule has 2 rings (SSSR count). The first-order valence-electron chi connectivity index (χ1n) is 6.24. The Bertz CT molecular complexity index is 534. The summed E-state index contributed by atoms with van der Waals surface area (Å²) < 4.78 is 5.34. The molecule has 0 unspecified atom stereocenters. The van der Waals surface area contributed by atoms with Crippen molar-refractivity contribution in [2.45, 2.75) is 20.3 Å². The van der Waals surface area contributed by atoms with Crippen molar-refractivity contribution >= 4 is 11.4 Å². The largest absolute Gasteiger partial charge is 0.496 e. The standard InChI is InChI=1S/C16H19NO/c1-4-13-8-5-6-9-15(13)17-14-10-7-11-16(18-3)12(14)2/h5-11,17H,4H2,1-3H3. The fourth-order valence-electron chi connectivity index (χ4n) is 2.07. The second-order valence-electron chi connectivity index (χ2n) is 4.27. The zero-order valence-corrected chi connectivity index (χ0v) is 11.2. The van der Waals surface area contributed by atoms with Crippen LogP contribution >= 0.6 is 0 Å². The second kappa shape index (κ2) is 5.58. The van der Waals surface area contributed by atoms with Gasteiger partial charge in [0.15, 0.2) is 0 Å². The molecule has 2 aromatic carbocycles. The SMILES string of the molecule is CCc1ccccc1Nc1cccc(OC)c1C. The first kappa shape index (κ1) is 12.5. The van der Waals surface area contributed by atoms with Gasteiger partial charge in [0.2, 0.25) is 0 Å². The van der Waals surface area contributed by atoms with Crippen LogP contribution in [0.2, 0.25) is 0 Å². The van der Waals surface area contributed by atoms with E-state index in [4.69, 9.17) is 4.74 Å². The summed E-state index contributed by atoms with van der Waals surface area (Å²) in [4.78, 5) is 0. The molecule has 0 fully saturated rings. The van der Waals surface area contributed by atoms with E-state index in [9.17, 15) is 0 Å². The van der Waals surface area contributed by atoms with Crippen molar-refractivity contribution < 1.29 is 4.74 Å². The third-order valence-corrected chi connectivity index (χ3v) is 3.17. The van der Waals surface area contributed by atoms with Gasteiger partial charge in [0, 0.05) is 16.9 Å². The van der Waals surface area contributed by atoms with Crippen LogP contribution in [-0.2, 0) is 6.42 Å². The number of hydrogen-bond donors (Lipinski definition) is 1. The number of anilines is 2. The normalized spacial score (nSPS) is 10.2. The van der Waals surface area contributed by atoms with Crippen LogP contribution in [0.3, 0.4) is 0 Å². The molecule has 0 radical (unpaired) electrons. The van der Waals surface area contributed by atoms with Crippen molar-refractivity contribution in [2.75, 3.05) is 12.4 Å². The van der Waals surface area contributed by atoms with E-state index in [2.05, 4.69) is 49.5 Å². The molecule has 1 N–H and O–H groups in total. The Morgan fingerprint density at radius 1 is 1.00 bits per heavy atom. The molecular formula is C16H19NO. The van der Waals surface area contributed by atoms with Gasteiger partial charge in [0.25, 0.3) is 0 Å². The number of rotatable bonds is 4. The summed E-state index contributed by atoms with van der Waals surface area (Å²) in [6.45, 7) is 4.23. The highest BCUT2D eigenvalue weighted by Gasteiger charge is 2.06. The van der Waals surface area contributed by atoms with Crippen LogP contribution in [0.4, 0.5) is 11.4 Å². The molecular weight excluding hydrogens is 222 g/mol. The molecule has 18 heavy (non-hydrogen) atoms. The molecule has 0 heterocycles. The molecule has 0 atom stereocenters. The summed E-state index contributed by atoms with van der Waals surface area (Å²) >= 11 is 0. The topological polar surface area (TPSA) is 21.3 Å². The third kappa shape index (κ3) is 2.48. The van der Waals surface area contributed by atoms with Gasteiger partial charge in [-0.05, 0) is 37.1 Å². The maximum Gasteiger partial charge on any atom is 0.123 e. The minimum atomic E-state index is 0.911. The van der Waals surface area contributed by atoms with Crippen LogP contribution in [0.25, 0.3) is 0 Å². The summed E-state index contributed by atoms with van der Waals surface area (Å²) in [6, 6.07) is 14.4. The average molecular weight is 241 g/mol. The predicted molar refractivity (Wildman–Crippen MR) is 76.8 cm³/mol. The summed E-state index contributed by atoms with van der Waals surface area (Å²) in [5.41, 5.74) is 4.71. The van der Waals surface area contributed by atoms with E-state index in [1.807, 2.05) is 12.1 Å². The Kier molecular flexibility index (Phi) is 3.88. The average Bonchev–Trinajstić information content (AvgIpc) is 2.42. The monoisotopic (exact) mass is 241 g/mol. The molecule has 0 spiro atoms. The van der Waals surface area contributed by atoms with Crippen molar-refractivity contribution in [3.63, 3.8) is 0 Å². The van der Waals surface area contributed by atoms with E-state index in [0.29, 0.717) is 0 Å². The lowest BCUT2D eigenvalue weighted by Gasteiger charge is -2.14. The predicted octanol–water partition coefficient (Wildman–Crippen LogP) is 4.31. The minimum absolute atomic E-state index is 0.911. The number of aryl methyl sites for hydroxylation is 1. The van der Waals surface area contributed by atoms with Crippen LogP contribution in [0.1, 0.15) is 18.1 Å². The number of benzene rings is 2. The molecule has 0 saturated heterocycles. The van der Waals surface area contributed by atoms with Gasteiger partial charge in [0.05, 0.1) is 7.11 Å². The van der Waals surface area contributed by atoms with Gasteiger partial charge in [-0.3, -0.25) is 0 Å². The smallest absolute Gasteiger partial charge is 0.123 e. The Labute approximate surface area is 109 Å². The molecule has 0 aromatic heterocycles. The third-order valence-electron chi connectivity index (χ3n) is 3.17. The van der Waals surface area contributed by atoms with Crippen molar-refractivity contribution in [1.82, 2.24) is 0 Å². The zero-order chi connectivity index (χ0) is 13.0. The van der Waals surface area contributed by atoms with Gasteiger partial charge in [0.1, 0.15) is 5.75 Å². The van der Waals surface area contributed by atoms with Gasteiger partial charge in [-0.15, -0.1) is 0 Å². The highest BCUT2D eigenvalue weighted by atomic mass is 16.5. The molecule has 94 valence electrons. The summed E-state index contributed by atoms with van der Waals surface area (Å²) in [7, 11) is 1.70. The molecule has 2 aromatic rings. The first-order valence-corrected chi connectivity index (χ1v) is 6.24.